The average Bonchev–Trinajstić information content (AvgIpc) is 3.17. The number of hydrogen-bond donors (Lipinski definition) is 1. The van der Waals surface area contributed by atoms with Gasteiger partial charge in [-0.1, -0.05) is 18.2 Å². The Labute approximate surface area is 180 Å². The number of carbonyl (C=O) groups excluding carboxylic acids is 1. The van der Waals surface area contributed by atoms with Gasteiger partial charge in [0.2, 0.25) is 5.91 Å². The van der Waals surface area contributed by atoms with E-state index in [0.29, 0.717) is 16.6 Å². The molecule has 7 nitrogen and oxygen atoms in total. The maximum absolute atomic E-state index is 13.3. The van der Waals surface area contributed by atoms with Crippen molar-refractivity contribution in [2.45, 2.75) is 41.2 Å². The fourth-order valence-electron chi connectivity index (χ4n) is 3.59. The molecule has 158 valence electrons. The summed E-state index contributed by atoms with van der Waals surface area (Å²) in [6, 6.07) is 11.7. The summed E-state index contributed by atoms with van der Waals surface area (Å²) in [5.74, 6) is -0.306. The number of hydrogen-bond acceptors (Lipinski definition) is 4. The third-order valence-electron chi connectivity index (χ3n) is 5.77. The molecule has 0 fully saturated rings. The molecule has 2 aromatic heterocycles. The number of aromatic nitrogens is 4. The minimum atomic E-state index is -0.354. The average molecular weight is 415 g/mol. The first-order chi connectivity index (χ1) is 14.8. The minimum Gasteiger partial charge on any atom is -0.324 e. The SMILES string of the molecule is Cc1ccc(-n2ncc3c(C)nn(CC(=O)Nc4cccc(C)c4C)c(=O)c32)cc1C. The molecule has 0 unspecified atom stereocenters. The number of carbonyl (C=O) groups is 1. The number of aryl methyl sites for hydroxylation is 4. The number of amides is 1. The molecule has 2 heterocycles. The highest BCUT2D eigenvalue weighted by Gasteiger charge is 2.17. The van der Waals surface area contributed by atoms with Crippen LogP contribution in [0.3, 0.4) is 0 Å². The van der Waals surface area contributed by atoms with Crippen LogP contribution in [-0.2, 0) is 11.3 Å². The number of nitrogens with one attached hydrogen (secondary N) is 1. The number of rotatable bonds is 4. The van der Waals surface area contributed by atoms with Crippen molar-refractivity contribution in [3.8, 4) is 5.69 Å². The van der Waals surface area contributed by atoms with Crippen LogP contribution >= 0.6 is 0 Å². The van der Waals surface area contributed by atoms with Gasteiger partial charge in [-0.2, -0.15) is 10.2 Å². The molecule has 0 aliphatic carbocycles. The van der Waals surface area contributed by atoms with Gasteiger partial charge in [-0.3, -0.25) is 9.59 Å². The normalized spacial score (nSPS) is 11.1. The summed E-state index contributed by atoms with van der Waals surface area (Å²) in [6.07, 6.45) is 1.65. The number of fused-ring (bicyclic) bond motifs is 1. The first-order valence-corrected chi connectivity index (χ1v) is 10.2. The van der Waals surface area contributed by atoms with Crippen LogP contribution < -0.4 is 10.9 Å². The van der Waals surface area contributed by atoms with Crippen LogP contribution in [0.15, 0.2) is 47.4 Å². The summed E-state index contributed by atoms with van der Waals surface area (Å²) in [7, 11) is 0. The van der Waals surface area contributed by atoms with Crippen molar-refractivity contribution in [3.63, 3.8) is 0 Å². The molecule has 0 aliphatic heterocycles. The zero-order chi connectivity index (χ0) is 22.3. The van der Waals surface area contributed by atoms with Crippen LogP contribution in [0.5, 0.6) is 0 Å². The Bertz CT molecular complexity index is 1380. The molecule has 1 amide bonds. The molecule has 2 aromatic carbocycles. The monoisotopic (exact) mass is 415 g/mol. The summed E-state index contributed by atoms with van der Waals surface area (Å²) in [6.45, 7) is 9.63. The quantitative estimate of drug-likeness (QED) is 0.550. The van der Waals surface area contributed by atoms with Crippen LogP contribution in [0.4, 0.5) is 5.69 Å². The standard InChI is InChI=1S/C24H25N5O2/c1-14-9-10-19(11-16(14)3)29-23-20(12-25-29)18(5)27-28(24(23)31)13-22(30)26-21-8-6-7-15(2)17(21)4/h6-12H,13H2,1-5H3,(H,26,30). The second-order valence-corrected chi connectivity index (χ2v) is 7.93. The highest BCUT2D eigenvalue weighted by atomic mass is 16.2. The fraction of sp³-hybridized carbons (Fsp3) is 0.250. The van der Waals surface area contributed by atoms with Gasteiger partial charge in [0.05, 0.1) is 17.6 Å². The first kappa shape index (κ1) is 20.5. The molecule has 0 radical (unpaired) electrons. The van der Waals surface area contributed by atoms with Gasteiger partial charge in [-0.05, 0) is 75.1 Å². The molecule has 0 atom stereocenters. The van der Waals surface area contributed by atoms with Gasteiger partial charge in [-0.25, -0.2) is 9.36 Å². The maximum Gasteiger partial charge on any atom is 0.293 e. The van der Waals surface area contributed by atoms with Gasteiger partial charge < -0.3 is 5.32 Å². The van der Waals surface area contributed by atoms with Gasteiger partial charge in [0.25, 0.3) is 5.56 Å². The van der Waals surface area contributed by atoms with Gasteiger partial charge in [0, 0.05) is 11.1 Å². The molecule has 0 saturated heterocycles. The summed E-state index contributed by atoms with van der Waals surface area (Å²) in [5, 5.41) is 12.3. The van der Waals surface area contributed by atoms with E-state index >= 15 is 0 Å². The van der Waals surface area contributed by atoms with Crippen molar-refractivity contribution in [2.75, 3.05) is 5.32 Å². The summed E-state index contributed by atoms with van der Waals surface area (Å²) >= 11 is 0. The lowest BCUT2D eigenvalue weighted by Crippen LogP contribution is -2.31. The third kappa shape index (κ3) is 3.74. The molecule has 4 rings (SSSR count). The third-order valence-corrected chi connectivity index (χ3v) is 5.77. The Morgan fingerprint density at radius 1 is 1.00 bits per heavy atom. The second kappa shape index (κ2) is 7.83. The van der Waals surface area contributed by atoms with E-state index in [1.54, 1.807) is 10.9 Å². The Morgan fingerprint density at radius 3 is 2.52 bits per heavy atom. The molecule has 7 heteroatoms. The van der Waals surface area contributed by atoms with Crippen LogP contribution in [0, 0.1) is 34.6 Å². The number of anilines is 1. The van der Waals surface area contributed by atoms with E-state index in [0.717, 1.165) is 28.1 Å². The number of benzene rings is 2. The summed E-state index contributed by atoms with van der Waals surface area (Å²) in [5.41, 5.74) is 6.59. The van der Waals surface area contributed by atoms with Crippen LogP contribution in [-0.4, -0.2) is 25.5 Å². The van der Waals surface area contributed by atoms with E-state index in [-0.39, 0.29) is 18.0 Å². The van der Waals surface area contributed by atoms with E-state index in [2.05, 4.69) is 15.5 Å². The highest BCUT2D eigenvalue weighted by molar-refractivity contribution is 5.91. The fourth-order valence-corrected chi connectivity index (χ4v) is 3.59. The van der Waals surface area contributed by atoms with Crippen LogP contribution in [0.25, 0.3) is 16.6 Å². The van der Waals surface area contributed by atoms with Crippen LogP contribution in [0.2, 0.25) is 0 Å². The number of nitrogens with zero attached hydrogens (tertiary/aromatic N) is 4. The van der Waals surface area contributed by atoms with E-state index in [9.17, 15) is 9.59 Å². The van der Waals surface area contributed by atoms with Crippen molar-refractivity contribution in [3.05, 3.63) is 80.9 Å². The van der Waals surface area contributed by atoms with Gasteiger partial charge in [0.1, 0.15) is 12.1 Å². The predicted octanol–water partition coefficient (Wildman–Crippen LogP) is 3.76. The Hall–Kier alpha value is -3.74. The van der Waals surface area contributed by atoms with Crippen molar-refractivity contribution in [1.29, 1.82) is 0 Å². The lowest BCUT2D eigenvalue weighted by Gasteiger charge is -2.12. The van der Waals surface area contributed by atoms with Crippen LogP contribution in [0.1, 0.15) is 27.9 Å². The van der Waals surface area contributed by atoms with Gasteiger partial charge in [0.15, 0.2) is 0 Å². The van der Waals surface area contributed by atoms with Gasteiger partial charge >= 0.3 is 0 Å². The molecular formula is C24H25N5O2. The van der Waals surface area contributed by atoms with Crippen molar-refractivity contribution in [1.82, 2.24) is 19.6 Å². The highest BCUT2D eigenvalue weighted by Crippen LogP contribution is 2.20. The topological polar surface area (TPSA) is 81.8 Å². The lowest BCUT2D eigenvalue weighted by atomic mass is 10.1. The molecule has 4 aromatic rings. The van der Waals surface area contributed by atoms with Crippen molar-refractivity contribution < 1.29 is 4.79 Å². The van der Waals surface area contributed by atoms with E-state index in [1.165, 1.54) is 10.2 Å². The Balaban J connectivity index is 1.73. The molecule has 0 aliphatic rings. The molecule has 0 spiro atoms. The zero-order valence-corrected chi connectivity index (χ0v) is 18.4. The Kier molecular flexibility index (Phi) is 5.19. The predicted molar refractivity (Wildman–Crippen MR) is 122 cm³/mol. The molecule has 0 bridgehead atoms. The van der Waals surface area contributed by atoms with E-state index < -0.39 is 0 Å². The summed E-state index contributed by atoms with van der Waals surface area (Å²) < 4.78 is 2.83. The van der Waals surface area contributed by atoms with Crippen molar-refractivity contribution in [2.24, 2.45) is 0 Å². The first-order valence-electron chi connectivity index (χ1n) is 10.2. The zero-order valence-electron chi connectivity index (χ0n) is 18.4. The molecule has 0 saturated carbocycles. The molecular weight excluding hydrogens is 390 g/mol. The molecule has 1 N–H and O–H groups in total. The smallest absolute Gasteiger partial charge is 0.293 e. The minimum absolute atomic E-state index is 0.179. The van der Waals surface area contributed by atoms with E-state index in [1.807, 2.05) is 71.0 Å². The van der Waals surface area contributed by atoms with E-state index in [4.69, 9.17) is 0 Å². The molecule has 31 heavy (non-hydrogen) atoms. The largest absolute Gasteiger partial charge is 0.324 e. The maximum atomic E-state index is 13.3. The Morgan fingerprint density at radius 2 is 1.77 bits per heavy atom. The second-order valence-electron chi connectivity index (χ2n) is 7.93. The lowest BCUT2D eigenvalue weighted by molar-refractivity contribution is -0.117. The van der Waals surface area contributed by atoms with Gasteiger partial charge in [-0.15, -0.1) is 0 Å². The summed E-state index contributed by atoms with van der Waals surface area (Å²) in [4.78, 5) is 25.9. The van der Waals surface area contributed by atoms with Crippen molar-refractivity contribution >= 4 is 22.5 Å².